The number of fused-ring (bicyclic) bond motifs is 1. The van der Waals surface area contributed by atoms with Gasteiger partial charge in [-0.2, -0.15) is 0 Å². The number of H-pyrrole nitrogens is 1. The molecule has 0 saturated carbocycles. The SMILES string of the molecule is CC(C)(NCCc1ccc2oc(=O)[nH]c2c1)C(=O)O. The predicted molar refractivity (Wildman–Crippen MR) is 70.3 cm³/mol. The molecule has 1 aromatic heterocycles. The van der Waals surface area contributed by atoms with E-state index in [1.165, 1.54) is 0 Å². The summed E-state index contributed by atoms with van der Waals surface area (Å²) in [4.78, 5) is 24.5. The van der Waals surface area contributed by atoms with E-state index in [1.807, 2.05) is 12.1 Å². The van der Waals surface area contributed by atoms with Crippen LogP contribution in [0.3, 0.4) is 0 Å². The Kier molecular flexibility index (Phi) is 3.44. The third-order valence-corrected chi connectivity index (χ3v) is 3.00. The van der Waals surface area contributed by atoms with Crippen molar-refractivity contribution in [2.45, 2.75) is 25.8 Å². The average molecular weight is 264 g/mol. The standard InChI is InChI=1S/C13H16N2O4/c1-13(2,11(16)17)14-6-5-8-3-4-10-9(7-8)15-12(18)19-10/h3-4,7,14H,5-6H2,1-2H3,(H,15,18)(H,16,17). The Morgan fingerprint density at radius 2 is 2.21 bits per heavy atom. The highest BCUT2D eigenvalue weighted by Crippen LogP contribution is 2.12. The van der Waals surface area contributed by atoms with E-state index in [0.717, 1.165) is 5.56 Å². The number of aliphatic carboxylic acids is 1. The summed E-state index contributed by atoms with van der Waals surface area (Å²) in [7, 11) is 0. The van der Waals surface area contributed by atoms with E-state index in [1.54, 1.807) is 19.9 Å². The first-order chi connectivity index (χ1) is 8.88. The number of carboxylic acids is 1. The lowest BCUT2D eigenvalue weighted by atomic mass is 10.1. The molecule has 1 aromatic carbocycles. The topological polar surface area (TPSA) is 95.3 Å². The zero-order chi connectivity index (χ0) is 14.0. The number of carboxylic acid groups (broad SMARTS) is 1. The van der Waals surface area contributed by atoms with E-state index in [4.69, 9.17) is 9.52 Å². The second-order valence-electron chi connectivity index (χ2n) is 4.95. The highest BCUT2D eigenvalue weighted by molar-refractivity contribution is 5.77. The van der Waals surface area contributed by atoms with Crippen LogP contribution in [0.15, 0.2) is 27.4 Å². The molecule has 102 valence electrons. The van der Waals surface area contributed by atoms with Gasteiger partial charge < -0.3 is 14.8 Å². The van der Waals surface area contributed by atoms with Gasteiger partial charge in [0.15, 0.2) is 5.58 Å². The van der Waals surface area contributed by atoms with Crippen LogP contribution in [-0.4, -0.2) is 28.1 Å². The first-order valence-corrected chi connectivity index (χ1v) is 5.99. The summed E-state index contributed by atoms with van der Waals surface area (Å²) in [6.45, 7) is 3.77. The summed E-state index contributed by atoms with van der Waals surface area (Å²) >= 11 is 0. The molecule has 3 N–H and O–H groups in total. The van der Waals surface area contributed by atoms with Crippen molar-refractivity contribution >= 4 is 17.1 Å². The molecule has 2 aromatic rings. The minimum Gasteiger partial charge on any atom is -0.480 e. The van der Waals surface area contributed by atoms with Crippen molar-refractivity contribution in [1.29, 1.82) is 0 Å². The van der Waals surface area contributed by atoms with E-state index < -0.39 is 17.3 Å². The molecule has 0 amide bonds. The summed E-state index contributed by atoms with van der Waals surface area (Å²) in [5.41, 5.74) is 1.22. The summed E-state index contributed by atoms with van der Waals surface area (Å²) < 4.78 is 4.91. The van der Waals surface area contributed by atoms with Crippen LogP contribution in [-0.2, 0) is 11.2 Å². The molecule has 0 aliphatic heterocycles. The Morgan fingerprint density at radius 3 is 2.89 bits per heavy atom. The maximum atomic E-state index is 11.0. The third-order valence-electron chi connectivity index (χ3n) is 3.00. The van der Waals surface area contributed by atoms with Gasteiger partial charge in [-0.15, -0.1) is 0 Å². The Bertz CT molecular complexity index is 654. The number of hydrogen-bond acceptors (Lipinski definition) is 4. The van der Waals surface area contributed by atoms with E-state index >= 15 is 0 Å². The van der Waals surface area contributed by atoms with Crippen molar-refractivity contribution in [3.63, 3.8) is 0 Å². The molecule has 6 heteroatoms. The average Bonchev–Trinajstić information content (AvgIpc) is 2.68. The van der Waals surface area contributed by atoms with Crippen molar-refractivity contribution in [1.82, 2.24) is 10.3 Å². The molecule has 2 rings (SSSR count). The van der Waals surface area contributed by atoms with Crippen LogP contribution in [0.5, 0.6) is 0 Å². The van der Waals surface area contributed by atoms with Crippen molar-refractivity contribution in [2.75, 3.05) is 6.54 Å². The van der Waals surface area contributed by atoms with E-state index in [-0.39, 0.29) is 0 Å². The molecule has 6 nitrogen and oxygen atoms in total. The first kappa shape index (κ1) is 13.4. The van der Waals surface area contributed by atoms with Gasteiger partial charge in [0.05, 0.1) is 5.52 Å². The largest absolute Gasteiger partial charge is 0.480 e. The van der Waals surface area contributed by atoms with Crippen LogP contribution in [0.2, 0.25) is 0 Å². The van der Waals surface area contributed by atoms with Gasteiger partial charge in [-0.1, -0.05) is 6.07 Å². The third kappa shape index (κ3) is 3.03. The van der Waals surface area contributed by atoms with Gasteiger partial charge in [-0.3, -0.25) is 9.78 Å². The Labute approximate surface area is 109 Å². The maximum absolute atomic E-state index is 11.0. The van der Waals surface area contributed by atoms with Gasteiger partial charge in [-0.05, 0) is 38.0 Å². The Balaban J connectivity index is 2.02. The lowest BCUT2D eigenvalue weighted by molar-refractivity contribution is -0.143. The molecule has 0 spiro atoms. The normalized spacial score (nSPS) is 11.9. The Hall–Kier alpha value is -2.08. The highest BCUT2D eigenvalue weighted by Gasteiger charge is 2.25. The van der Waals surface area contributed by atoms with Gasteiger partial charge in [0, 0.05) is 6.54 Å². The molecule has 0 radical (unpaired) electrons. The molecule has 19 heavy (non-hydrogen) atoms. The van der Waals surface area contributed by atoms with Crippen LogP contribution >= 0.6 is 0 Å². The van der Waals surface area contributed by atoms with Crippen molar-refractivity contribution in [3.05, 3.63) is 34.3 Å². The van der Waals surface area contributed by atoms with Crippen molar-refractivity contribution in [2.24, 2.45) is 0 Å². The highest BCUT2D eigenvalue weighted by atomic mass is 16.4. The van der Waals surface area contributed by atoms with Crippen LogP contribution in [0, 0.1) is 0 Å². The zero-order valence-electron chi connectivity index (χ0n) is 10.8. The maximum Gasteiger partial charge on any atom is 0.417 e. The number of benzene rings is 1. The molecule has 0 atom stereocenters. The van der Waals surface area contributed by atoms with E-state index in [9.17, 15) is 9.59 Å². The fourth-order valence-electron chi connectivity index (χ4n) is 1.75. The van der Waals surface area contributed by atoms with Crippen LogP contribution in [0.25, 0.3) is 11.1 Å². The second kappa shape index (κ2) is 4.89. The number of oxazole rings is 1. The van der Waals surface area contributed by atoms with Gasteiger partial charge in [0.25, 0.3) is 0 Å². The lowest BCUT2D eigenvalue weighted by Gasteiger charge is -2.20. The van der Waals surface area contributed by atoms with Crippen LogP contribution < -0.4 is 11.1 Å². The molecule has 0 aliphatic carbocycles. The fourth-order valence-corrected chi connectivity index (χ4v) is 1.75. The number of aromatic nitrogens is 1. The number of rotatable bonds is 5. The minimum atomic E-state index is -0.950. The van der Waals surface area contributed by atoms with Gasteiger partial charge in [0.2, 0.25) is 0 Å². The number of carbonyl (C=O) groups is 1. The molecule has 1 heterocycles. The molecule has 0 fully saturated rings. The fraction of sp³-hybridized carbons (Fsp3) is 0.385. The van der Waals surface area contributed by atoms with Gasteiger partial charge >= 0.3 is 11.7 Å². The van der Waals surface area contributed by atoms with Gasteiger partial charge in [-0.25, -0.2) is 4.79 Å². The number of hydrogen-bond donors (Lipinski definition) is 3. The summed E-state index contributed by atoms with van der Waals surface area (Å²) in [5.74, 6) is -1.36. The summed E-state index contributed by atoms with van der Waals surface area (Å²) in [5, 5.41) is 11.9. The molecule has 0 unspecified atom stereocenters. The summed E-state index contributed by atoms with van der Waals surface area (Å²) in [6.07, 6.45) is 0.667. The first-order valence-electron chi connectivity index (χ1n) is 5.99. The molecular formula is C13H16N2O4. The smallest absolute Gasteiger partial charge is 0.417 e. The minimum absolute atomic E-state index is 0.475. The van der Waals surface area contributed by atoms with Gasteiger partial charge in [0.1, 0.15) is 5.54 Å². The zero-order valence-corrected chi connectivity index (χ0v) is 10.8. The monoisotopic (exact) mass is 264 g/mol. The molecule has 0 saturated heterocycles. The summed E-state index contributed by atoms with van der Waals surface area (Å²) in [6, 6.07) is 5.41. The van der Waals surface area contributed by atoms with Crippen molar-refractivity contribution < 1.29 is 14.3 Å². The Morgan fingerprint density at radius 1 is 1.47 bits per heavy atom. The van der Waals surface area contributed by atoms with E-state index in [2.05, 4.69) is 10.3 Å². The van der Waals surface area contributed by atoms with E-state index in [0.29, 0.717) is 24.1 Å². The number of nitrogens with one attached hydrogen (secondary N) is 2. The lowest BCUT2D eigenvalue weighted by Crippen LogP contribution is -2.47. The quantitative estimate of drug-likeness (QED) is 0.752. The molecule has 0 bridgehead atoms. The van der Waals surface area contributed by atoms with Crippen LogP contribution in [0.1, 0.15) is 19.4 Å². The number of aromatic amines is 1. The predicted octanol–water partition coefficient (Wildman–Crippen LogP) is 1.12. The second-order valence-corrected chi connectivity index (χ2v) is 4.95. The van der Waals surface area contributed by atoms with Crippen molar-refractivity contribution in [3.8, 4) is 0 Å². The van der Waals surface area contributed by atoms with Crippen LogP contribution in [0.4, 0.5) is 0 Å². The molecule has 0 aliphatic rings. The molecular weight excluding hydrogens is 248 g/mol.